The van der Waals surface area contributed by atoms with Crippen LogP contribution in [0.1, 0.15) is 23.3 Å². The first-order chi connectivity index (χ1) is 10.1. The first kappa shape index (κ1) is 14.3. The third kappa shape index (κ3) is 3.33. The predicted molar refractivity (Wildman–Crippen MR) is 76.1 cm³/mol. The van der Waals surface area contributed by atoms with Crippen LogP contribution in [-0.2, 0) is 9.53 Å². The highest BCUT2D eigenvalue weighted by Gasteiger charge is 2.36. The lowest BCUT2D eigenvalue weighted by atomic mass is 10.2. The number of pyridine rings is 1. The number of halogens is 1. The van der Waals surface area contributed by atoms with Gasteiger partial charge in [-0.1, -0.05) is 11.6 Å². The maximum absolute atomic E-state index is 12.5. The lowest BCUT2D eigenvalue weighted by Crippen LogP contribution is -2.56. The molecule has 21 heavy (non-hydrogen) atoms. The van der Waals surface area contributed by atoms with Crippen molar-refractivity contribution < 1.29 is 14.3 Å². The van der Waals surface area contributed by atoms with Crippen LogP contribution in [0.4, 0.5) is 0 Å². The largest absolute Gasteiger partial charge is 0.377 e. The van der Waals surface area contributed by atoms with E-state index in [0.717, 1.165) is 12.8 Å². The molecule has 2 fully saturated rings. The van der Waals surface area contributed by atoms with Crippen LogP contribution in [0.15, 0.2) is 18.3 Å². The topological polar surface area (TPSA) is 71.5 Å². The number of amides is 2. The molecule has 0 spiro atoms. The molecule has 0 radical (unpaired) electrons. The van der Waals surface area contributed by atoms with Gasteiger partial charge >= 0.3 is 0 Å². The summed E-state index contributed by atoms with van der Waals surface area (Å²) in [5.74, 6) is -0.454. The summed E-state index contributed by atoms with van der Waals surface area (Å²) >= 11 is 5.89. The van der Waals surface area contributed by atoms with Crippen LogP contribution < -0.4 is 5.32 Å². The molecule has 6 nitrogen and oxygen atoms in total. The Bertz CT molecular complexity index is 562. The lowest BCUT2D eigenvalue weighted by molar-refractivity contribution is -0.130. The number of nitrogens with one attached hydrogen (secondary N) is 1. The fraction of sp³-hybridized carbons (Fsp3) is 0.500. The number of rotatable bonds is 3. The van der Waals surface area contributed by atoms with E-state index in [2.05, 4.69) is 10.3 Å². The minimum Gasteiger partial charge on any atom is -0.377 e. The van der Waals surface area contributed by atoms with Gasteiger partial charge in [-0.3, -0.25) is 14.6 Å². The fourth-order valence-corrected chi connectivity index (χ4v) is 2.42. The molecule has 0 bridgehead atoms. The van der Waals surface area contributed by atoms with Gasteiger partial charge in [0.05, 0.1) is 13.2 Å². The van der Waals surface area contributed by atoms with Crippen molar-refractivity contribution in [2.45, 2.75) is 24.9 Å². The number of carbonyl (C=O) groups excluding carboxylic acids is 2. The van der Waals surface area contributed by atoms with Crippen LogP contribution in [-0.4, -0.2) is 53.5 Å². The molecule has 0 aromatic carbocycles. The number of morpholine rings is 1. The first-order valence-electron chi connectivity index (χ1n) is 6.96. The quantitative estimate of drug-likeness (QED) is 0.899. The normalized spacial score (nSPS) is 22.0. The van der Waals surface area contributed by atoms with E-state index in [1.807, 2.05) is 0 Å². The van der Waals surface area contributed by atoms with E-state index in [0.29, 0.717) is 18.2 Å². The lowest BCUT2D eigenvalue weighted by Gasteiger charge is -2.34. The summed E-state index contributed by atoms with van der Waals surface area (Å²) in [7, 11) is 0. The molecular formula is C14H16ClN3O3. The van der Waals surface area contributed by atoms with Crippen molar-refractivity contribution in [3.63, 3.8) is 0 Å². The van der Waals surface area contributed by atoms with E-state index >= 15 is 0 Å². The van der Waals surface area contributed by atoms with E-state index in [-0.39, 0.29) is 30.2 Å². The van der Waals surface area contributed by atoms with E-state index in [1.54, 1.807) is 6.07 Å². The van der Waals surface area contributed by atoms with Gasteiger partial charge in [-0.2, -0.15) is 0 Å². The number of carbonyl (C=O) groups is 2. The first-order valence-corrected chi connectivity index (χ1v) is 7.33. The molecule has 1 atom stereocenters. The molecule has 1 aromatic rings. The monoisotopic (exact) mass is 309 g/mol. The minimum atomic E-state index is -0.604. The van der Waals surface area contributed by atoms with Crippen molar-refractivity contribution in [3.05, 3.63) is 29.0 Å². The summed E-state index contributed by atoms with van der Waals surface area (Å²) in [6.45, 7) is 1.00. The standard InChI is InChI=1S/C14H16ClN3O3/c15-9-3-4-16-11(7-9)14(20)18-5-6-21-8-12(18)13(19)17-10-1-2-10/h3-4,7,10,12H,1-2,5-6,8H2,(H,17,19). The molecule has 1 aromatic heterocycles. The van der Waals surface area contributed by atoms with Crippen molar-refractivity contribution >= 4 is 23.4 Å². The van der Waals surface area contributed by atoms with Gasteiger partial charge in [0.25, 0.3) is 5.91 Å². The maximum atomic E-state index is 12.5. The van der Waals surface area contributed by atoms with Gasteiger partial charge in [-0.25, -0.2) is 0 Å². The van der Waals surface area contributed by atoms with Gasteiger partial charge < -0.3 is 15.0 Å². The van der Waals surface area contributed by atoms with Crippen LogP contribution in [0, 0.1) is 0 Å². The fourth-order valence-electron chi connectivity index (χ4n) is 2.26. The molecule has 1 unspecified atom stereocenters. The summed E-state index contributed by atoms with van der Waals surface area (Å²) in [6, 6.07) is 2.76. The van der Waals surface area contributed by atoms with Gasteiger partial charge in [-0.05, 0) is 25.0 Å². The van der Waals surface area contributed by atoms with Crippen molar-refractivity contribution in [1.29, 1.82) is 0 Å². The third-order valence-electron chi connectivity index (χ3n) is 3.56. The average Bonchev–Trinajstić information content (AvgIpc) is 3.30. The van der Waals surface area contributed by atoms with Crippen LogP contribution in [0.5, 0.6) is 0 Å². The molecule has 7 heteroatoms. The van der Waals surface area contributed by atoms with Crippen molar-refractivity contribution in [2.75, 3.05) is 19.8 Å². The number of hydrogen-bond acceptors (Lipinski definition) is 4. The predicted octanol–water partition coefficient (Wildman–Crippen LogP) is 0.855. The molecular weight excluding hydrogens is 294 g/mol. The molecule has 2 heterocycles. The summed E-state index contributed by atoms with van der Waals surface area (Å²) in [5, 5.41) is 3.36. The van der Waals surface area contributed by atoms with Crippen molar-refractivity contribution in [2.24, 2.45) is 0 Å². The summed E-state index contributed by atoms with van der Waals surface area (Å²) in [4.78, 5) is 30.3. The van der Waals surface area contributed by atoms with Gasteiger partial charge in [0.15, 0.2) is 0 Å². The van der Waals surface area contributed by atoms with E-state index in [4.69, 9.17) is 16.3 Å². The minimum absolute atomic E-state index is 0.160. The zero-order valence-corrected chi connectivity index (χ0v) is 12.2. The van der Waals surface area contributed by atoms with Crippen LogP contribution >= 0.6 is 11.6 Å². The molecule has 1 aliphatic carbocycles. The zero-order valence-electron chi connectivity index (χ0n) is 11.4. The Morgan fingerprint density at radius 1 is 1.43 bits per heavy atom. The second-order valence-electron chi connectivity index (χ2n) is 5.23. The summed E-state index contributed by atoms with van der Waals surface area (Å²) < 4.78 is 5.34. The van der Waals surface area contributed by atoms with Crippen molar-refractivity contribution in [1.82, 2.24) is 15.2 Å². The molecule has 1 saturated carbocycles. The SMILES string of the molecule is O=C(NC1CC1)C1COCCN1C(=O)c1cc(Cl)ccn1. The number of hydrogen-bond donors (Lipinski definition) is 1. The van der Waals surface area contributed by atoms with Gasteiger partial charge in [0.2, 0.25) is 5.91 Å². The van der Waals surface area contributed by atoms with E-state index in [1.165, 1.54) is 17.2 Å². The van der Waals surface area contributed by atoms with Gasteiger partial charge in [-0.15, -0.1) is 0 Å². The Kier molecular flexibility index (Phi) is 4.07. The van der Waals surface area contributed by atoms with Crippen LogP contribution in [0.2, 0.25) is 5.02 Å². The highest BCUT2D eigenvalue weighted by atomic mass is 35.5. The zero-order chi connectivity index (χ0) is 14.8. The molecule has 2 amide bonds. The van der Waals surface area contributed by atoms with Crippen molar-refractivity contribution in [3.8, 4) is 0 Å². The highest BCUT2D eigenvalue weighted by molar-refractivity contribution is 6.30. The molecule has 3 rings (SSSR count). The Morgan fingerprint density at radius 2 is 2.24 bits per heavy atom. The smallest absolute Gasteiger partial charge is 0.273 e. The second-order valence-corrected chi connectivity index (χ2v) is 5.67. The molecule has 1 N–H and O–H groups in total. The molecule has 1 aliphatic heterocycles. The van der Waals surface area contributed by atoms with E-state index in [9.17, 15) is 9.59 Å². The van der Waals surface area contributed by atoms with Gasteiger partial charge in [0, 0.05) is 23.8 Å². The highest BCUT2D eigenvalue weighted by Crippen LogP contribution is 2.20. The third-order valence-corrected chi connectivity index (χ3v) is 3.79. The van der Waals surface area contributed by atoms with Gasteiger partial charge in [0.1, 0.15) is 11.7 Å². The molecule has 2 aliphatic rings. The Labute approximate surface area is 127 Å². The van der Waals surface area contributed by atoms with E-state index < -0.39 is 6.04 Å². The second kappa shape index (κ2) is 5.99. The maximum Gasteiger partial charge on any atom is 0.273 e. The number of nitrogens with zero attached hydrogens (tertiary/aromatic N) is 2. The Morgan fingerprint density at radius 3 is 2.95 bits per heavy atom. The van der Waals surface area contributed by atoms with Crippen LogP contribution in [0.25, 0.3) is 0 Å². The summed E-state index contributed by atoms with van der Waals surface area (Å²) in [6.07, 6.45) is 3.49. The molecule has 1 saturated heterocycles. The molecule has 112 valence electrons. The number of ether oxygens (including phenoxy) is 1. The summed E-state index contributed by atoms with van der Waals surface area (Å²) in [5.41, 5.74) is 0.244. The van der Waals surface area contributed by atoms with Crippen LogP contribution in [0.3, 0.4) is 0 Å². The average molecular weight is 310 g/mol. The Balaban J connectivity index is 1.76. The Hall–Kier alpha value is -1.66. The number of aromatic nitrogens is 1.